The maximum atomic E-state index is 12.6. The van der Waals surface area contributed by atoms with Gasteiger partial charge < -0.3 is 4.74 Å². The van der Waals surface area contributed by atoms with Gasteiger partial charge in [0.25, 0.3) is 5.56 Å². The number of H-pyrrole nitrogens is 1. The van der Waals surface area contributed by atoms with Crippen LogP contribution in [0.4, 0.5) is 0 Å². The summed E-state index contributed by atoms with van der Waals surface area (Å²) in [5, 5.41) is 0. The molecule has 0 amide bonds. The Balaban J connectivity index is 1.84. The molecule has 3 rings (SSSR count). The summed E-state index contributed by atoms with van der Waals surface area (Å²) in [6, 6.07) is 16.3. The second-order valence-corrected chi connectivity index (χ2v) is 7.37. The van der Waals surface area contributed by atoms with Crippen LogP contribution in [0, 0.1) is 13.8 Å². The number of aromatic amines is 1. The van der Waals surface area contributed by atoms with Crippen molar-refractivity contribution in [3.05, 3.63) is 91.6 Å². The largest absolute Gasteiger partial charge is 0.361 e. The van der Waals surface area contributed by atoms with Gasteiger partial charge in [0.2, 0.25) is 0 Å². The monoisotopic (exact) mass is 392 g/mol. The minimum absolute atomic E-state index is 0.111. The van der Waals surface area contributed by atoms with E-state index in [-0.39, 0.29) is 12.3 Å². The average Bonchev–Trinajstić information content (AvgIpc) is 2.68. The molecule has 0 bridgehead atoms. The molecule has 3 aromatic rings. The quantitative estimate of drug-likeness (QED) is 0.590. The highest BCUT2D eigenvalue weighted by molar-refractivity contribution is 5.65. The van der Waals surface area contributed by atoms with E-state index in [4.69, 9.17) is 4.74 Å². The van der Waals surface area contributed by atoms with E-state index in [1.54, 1.807) is 0 Å². The van der Waals surface area contributed by atoms with Crippen LogP contribution in [0.15, 0.2) is 58.1 Å². The zero-order valence-corrected chi connectivity index (χ0v) is 17.3. The van der Waals surface area contributed by atoms with E-state index >= 15 is 0 Å². The maximum Gasteiger partial charge on any atom is 0.330 e. The SMILES string of the molecule is CCc1c(-c2cc(C)cc(C)c2)n(COCCCc2ccccc2)c(=O)[nH]c1=O. The minimum atomic E-state index is -0.440. The molecule has 0 atom stereocenters. The highest BCUT2D eigenvalue weighted by Gasteiger charge is 2.16. The normalized spacial score (nSPS) is 11.0. The molecule has 5 nitrogen and oxygen atoms in total. The predicted octanol–water partition coefficient (Wildman–Crippen LogP) is 3.99. The van der Waals surface area contributed by atoms with E-state index in [1.165, 1.54) is 10.1 Å². The standard InChI is InChI=1S/C24H28N2O3/c1-4-21-22(20-14-17(2)13-18(3)15-20)26(24(28)25-23(21)27)16-29-12-8-11-19-9-6-5-7-10-19/h5-7,9-10,13-15H,4,8,11-12,16H2,1-3H3,(H,25,27,28). The number of hydrogen-bond donors (Lipinski definition) is 1. The van der Waals surface area contributed by atoms with Gasteiger partial charge >= 0.3 is 5.69 Å². The zero-order chi connectivity index (χ0) is 20.8. The predicted molar refractivity (Wildman–Crippen MR) is 116 cm³/mol. The fraction of sp³-hybridized carbons (Fsp3) is 0.333. The van der Waals surface area contributed by atoms with Crippen LogP contribution in [-0.2, 0) is 24.3 Å². The smallest absolute Gasteiger partial charge is 0.330 e. The molecule has 1 N–H and O–H groups in total. The lowest BCUT2D eigenvalue weighted by atomic mass is 10.0. The Morgan fingerprint density at radius 3 is 2.34 bits per heavy atom. The number of aromatic nitrogens is 2. The van der Waals surface area contributed by atoms with Crippen LogP contribution < -0.4 is 11.2 Å². The second kappa shape index (κ2) is 9.52. The second-order valence-electron chi connectivity index (χ2n) is 7.37. The van der Waals surface area contributed by atoms with E-state index in [0.29, 0.717) is 24.3 Å². The molecule has 29 heavy (non-hydrogen) atoms. The average molecular weight is 392 g/mol. The van der Waals surface area contributed by atoms with E-state index < -0.39 is 5.69 Å². The van der Waals surface area contributed by atoms with Crippen LogP contribution in [0.2, 0.25) is 0 Å². The number of rotatable bonds is 8. The van der Waals surface area contributed by atoms with Gasteiger partial charge in [0, 0.05) is 12.2 Å². The number of ether oxygens (including phenoxy) is 1. The summed E-state index contributed by atoms with van der Waals surface area (Å²) in [6.45, 7) is 6.59. The molecule has 0 spiro atoms. The summed E-state index contributed by atoms with van der Waals surface area (Å²) in [4.78, 5) is 27.4. The molecular formula is C24H28N2O3. The van der Waals surface area contributed by atoms with Gasteiger partial charge in [-0.1, -0.05) is 54.4 Å². The van der Waals surface area contributed by atoms with Crippen molar-refractivity contribution >= 4 is 0 Å². The molecule has 2 aromatic carbocycles. The lowest BCUT2D eigenvalue weighted by molar-refractivity contribution is 0.0730. The maximum absolute atomic E-state index is 12.6. The Hall–Kier alpha value is -2.92. The van der Waals surface area contributed by atoms with Gasteiger partial charge in [-0.3, -0.25) is 14.3 Å². The highest BCUT2D eigenvalue weighted by atomic mass is 16.5. The molecule has 0 saturated carbocycles. The van der Waals surface area contributed by atoms with Crippen LogP contribution in [0.1, 0.15) is 35.6 Å². The van der Waals surface area contributed by atoms with E-state index in [1.807, 2.05) is 51.1 Å². The topological polar surface area (TPSA) is 64.1 Å². The number of hydrogen-bond acceptors (Lipinski definition) is 3. The summed E-state index contributed by atoms with van der Waals surface area (Å²) < 4.78 is 7.36. The lowest BCUT2D eigenvalue weighted by Crippen LogP contribution is -2.34. The molecule has 0 unspecified atom stereocenters. The van der Waals surface area contributed by atoms with Gasteiger partial charge in [0.1, 0.15) is 6.73 Å². The summed E-state index contributed by atoms with van der Waals surface area (Å²) in [5.74, 6) is 0. The van der Waals surface area contributed by atoms with Crippen LogP contribution in [0.25, 0.3) is 11.3 Å². The Morgan fingerprint density at radius 1 is 1.00 bits per heavy atom. The van der Waals surface area contributed by atoms with Gasteiger partial charge in [-0.05, 0) is 56.4 Å². The molecular weight excluding hydrogens is 364 g/mol. The Bertz CT molecular complexity index is 1060. The van der Waals surface area contributed by atoms with Crippen molar-refractivity contribution in [3.63, 3.8) is 0 Å². The number of nitrogens with one attached hydrogen (secondary N) is 1. The van der Waals surface area contributed by atoms with Gasteiger partial charge in [-0.2, -0.15) is 0 Å². The fourth-order valence-electron chi connectivity index (χ4n) is 3.68. The lowest BCUT2D eigenvalue weighted by Gasteiger charge is -2.17. The van der Waals surface area contributed by atoms with Gasteiger partial charge in [-0.25, -0.2) is 4.79 Å². The number of nitrogens with zero attached hydrogens (tertiary/aromatic N) is 1. The van der Waals surface area contributed by atoms with Crippen LogP contribution in [0.5, 0.6) is 0 Å². The molecule has 0 fully saturated rings. The highest BCUT2D eigenvalue weighted by Crippen LogP contribution is 2.24. The first-order valence-corrected chi connectivity index (χ1v) is 10.1. The van der Waals surface area contributed by atoms with Gasteiger partial charge in [0.05, 0.1) is 5.69 Å². The summed E-state index contributed by atoms with van der Waals surface area (Å²) in [5.41, 5.74) is 4.79. The molecule has 0 aliphatic rings. The third-order valence-electron chi connectivity index (χ3n) is 4.96. The number of aryl methyl sites for hydroxylation is 3. The molecule has 1 heterocycles. The third kappa shape index (κ3) is 5.12. The molecule has 0 saturated heterocycles. The Morgan fingerprint density at radius 2 is 1.69 bits per heavy atom. The van der Waals surface area contributed by atoms with Crippen molar-refractivity contribution in [2.24, 2.45) is 0 Å². The van der Waals surface area contributed by atoms with Crippen molar-refractivity contribution in [1.82, 2.24) is 9.55 Å². The van der Waals surface area contributed by atoms with Gasteiger partial charge in [0.15, 0.2) is 0 Å². The molecule has 152 valence electrons. The van der Waals surface area contributed by atoms with Crippen molar-refractivity contribution in [3.8, 4) is 11.3 Å². The zero-order valence-electron chi connectivity index (χ0n) is 17.3. The first-order valence-electron chi connectivity index (χ1n) is 10.1. The summed E-state index contributed by atoms with van der Waals surface area (Å²) in [6.07, 6.45) is 2.32. The van der Waals surface area contributed by atoms with E-state index in [0.717, 1.165) is 29.5 Å². The molecule has 5 heteroatoms. The van der Waals surface area contributed by atoms with Crippen molar-refractivity contribution in [1.29, 1.82) is 0 Å². The van der Waals surface area contributed by atoms with Crippen LogP contribution in [0.3, 0.4) is 0 Å². The Labute approximate surface area is 171 Å². The fourth-order valence-corrected chi connectivity index (χ4v) is 3.68. The third-order valence-corrected chi connectivity index (χ3v) is 4.96. The Kier molecular flexibility index (Phi) is 6.83. The molecule has 1 aromatic heterocycles. The summed E-state index contributed by atoms with van der Waals surface area (Å²) in [7, 11) is 0. The van der Waals surface area contributed by atoms with Crippen molar-refractivity contribution in [2.45, 2.75) is 46.8 Å². The van der Waals surface area contributed by atoms with Gasteiger partial charge in [-0.15, -0.1) is 0 Å². The van der Waals surface area contributed by atoms with E-state index in [2.05, 4.69) is 23.2 Å². The first-order chi connectivity index (χ1) is 14.0. The van der Waals surface area contributed by atoms with Crippen LogP contribution >= 0.6 is 0 Å². The minimum Gasteiger partial charge on any atom is -0.361 e. The first kappa shape index (κ1) is 20.8. The molecule has 0 radical (unpaired) electrons. The summed E-state index contributed by atoms with van der Waals surface area (Å²) >= 11 is 0. The van der Waals surface area contributed by atoms with Crippen molar-refractivity contribution < 1.29 is 4.74 Å². The van der Waals surface area contributed by atoms with Crippen LogP contribution in [-0.4, -0.2) is 16.2 Å². The van der Waals surface area contributed by atoms with Crippen molar-refractivity contribution in [2.75, 3.05) is 6.61 Å². The molecule has 0 aliphatic carbocycles. The van der Waals surface area contributed by atoms with E-state index in [9.17, 15) is 9.59 Å². The number of benzene rings is 2. The molecule has 0 aliphatic heterocycles.